The molecular formula is C16H28ClN3O3S. The van der Waals surface area contributed by atoms with Crippen LogP contribution in [0.3, 0.4) is 0 Å². The fourth-order valence-electron chi connectivity index (χ4n) is 2.52. The van der Waals surface area contributed by atoms with Crippen molar-refractivity contribution >= 4 is 28.3 Å². The number of rotatable bonds is 8. The fraction of sp³-hybridized carbons (Fsp3) is 0.562. The Morgan fingerprint density at radius 2 is 1.83 bits per heavy atom. The molecule has 0 aliphatic rings. The number of nitrogens with zero attached hydrogens (tertiary/aromatic N) is 1. The average Bonchev–Trinajstić information content (AvgIpc) is 2.46. The molecule has 0 saturated heterocycles. The maximum Gasteiger partial charge on any atom is 0.243 e. The van der Waals surface area contributed by atoms with Gasteiger partial charge in [0.05, 0.1) is 11.4 Å². The summed E-state index contributed by atoms with van der Waals surface area (Å²) in [5, 5.41) is 2.86. The highest BCUT2D eigenvalue weighted by Gasteiger charge is 2.28. The molecule has 0 heterocycles. The van der Waals surface area contributed by atoms with Crippen LogP contribution in [0, 0.1) is 5.92 Å². The van der Waals surface area contributed by atoms with Crippen LogP contribution in [0.2, 0.25) is 0 Å². The van der Waals surface area contributed by atoms with E-state index in [-0.39, 0.29) is 29.8 Å². The predicted octanol–water partition coefficient (Wildman–Crippen LogP) is 1.61. The summed E-state index contributed by atoms with van der Waals surface area (Å²) in [6.07, 6.45) is 0.727. The molecule has 1 atom stereocenters. The molecule has 24 heavy (non-hydrogen) atoms. The van der Waals surface area contributed by atoms with Crippen molar-refractivity contribution in [1.82, 2.24) is 9.62 Å². The van der Waals surface area contributed by atoms with Gasteiger partial charge in [-0.1, -0.05) is 32.0 Å². The first kappa shape index (κ1) is 22.9. The van der Waals surface area contributed by atoms with Gasteiger partial charge in [-0.3, -0.25) is 4.79 Å². The third-order valence-corrected chi connectivity index (χ3v) is 5.39. The molecule has 0 spiro atoms. The highest BCUT2D eigenvalue weighted by Crippen LogP contribution is 2.16. The number of likely N-dealkylation sites (N-methyl/N-ethyl adjacent to an activating group) is 1. The molecule has 6 nitrogen and oxygen atoms in total. The molecule has 0 saturated carbocycles. The van der Waals surface area contributed by atoms with Crippen LogP contribution in [0.5, 0.6) is 0 Å². The highest BCUT2D eigenvalue weighted by atomic mass is 35.5. The number of carbonyl (C=O) groups excluding carboxylic acids is 1. The third kappa shape index (κ3) is 6.39. The Kier molecular flexibility index (Phi) is 8.91. The van der Waals surface area contributed by atoms with Gasteiger partial charge < -0.3 is 11.1 Å². The van der Waals surface area contributed by atoms with Crippen LogP contribution in [0.4, 0.5) is 0 Å². The number of nitrogens with two attached hydrogens (primary N) is 1. The second-order valence-corrected chi connectivity index (χ2v) is 8.53. The molecule has 0 fully saturated rings. The monoisotopic (exact) mass is 377 g/mol. The molecule has 0 aromatic heterocycles. The van der Waals surface area contributed by atoms with E-state index in [1.54, 1.807) is 18.2 Å². The number of hydrogen-bond acceptors (Lipinski definition) is 4. The minimum Gasteiger partial charge on any atom is -0.349 e. The molecule has 138 valence electrons. The van der Waals surface area contributed by atoms with E-state index in [9.17, 15) is 13.2 Å². The lowest BCUT2D eigenvalue weighted by Crippen LogP contribution is -2.54. The molecule has 0 bridgehead atoms. The van der Waals surface area contributed by atoms with Crippen molar-refractivity contribution in [2.24, 2.45) is 11.7 Å². The zero-order chi connectivity index (χ0) is 17.7. The molecule has 1 amide bonds. The van der Waals surface area contributed by atoms with Gasteiger partial charge in [-0.15, -0.1) is 12.4 Å². The lowest BCUT2D eigenvalue weighted by molar-refractivity contribution is -0.123. The maximum atomic E-state index is 12.4. The minimum absolute atomic E-state index is 0. The predicted molar refractivity (Wildman–Crippen MR) is 98.6 cm³/mol. The van der Waals surface area contributed by atoms with Crippen LogP contribution in [0.15, 0.2) is 35.2 Å². The molecule has 1 aromatic rings. The van der Waals surface area contributed by atoms with E-state index >= 15 is 0 Å². The SMILES string of the molecule is CC(C)CC(C)(CN)NC(=O)CN(C)S(=O)(=O)c1ccccc1.Cl. The quantitative estimate of drug-likeness (QED) is 0.719. The molecule has 8 heteroatoms. The first-order chi connectivity index (χ1) is 10.6. The van der Waals surface area contributed by atoms with Gasteiger partial charge in [0.25, 0.3) is 0 Å². The second kappa shape index (κ2) is 9.36. The molecule has 0 aliphatic carbocycles. The standard InChI is InChI=1S/C16H27N3O3S.ClH/c1-13(2)10-16(3,12-17)18-15(20)11-19(4)23(21,22)14-8-6-5-7-9-14;/h5-9,13H,10-12,17H2,1-4H3,(H,18,20);1H. The van der Waals surface area contributed by atoms with Crippen LogP contribution < -0.4 is 11.1 Å². The van der Waals surface area contributed by atoms with Crippen molar-refractivity contribution in [3.8, 4) is 0 Å². The van der Waals surface area contributed by atoms with E-state index in [0.29, 0.717) is 12.5 Å². The van der Waals surface area contributed by atoms with Gasteiger partial charge in [-0.25, -0.2) is 8.42 Å². The number of amides is 1. The topological polar surface area (TPSA) is 92.5 Å². The number of benzene rings is 1. The number of hydrogen-bond donors (Lipinski definition) is 2. The molecule has 1 rings (SSSR count). The van der Waals surface area contributed by atoms with Crippen molar-refractivity contribution in [3.63, 3.8) is 0 Å². The zero-order valence-electron chi connectivity index (χ0n) is 14.7. The summed E-state index contributed by atoms with van der Waals surface area (Å²) >= 11 is 0. The van der Waals surface area contributed by atoms with Gasteiger partial charge >= 0.3 is 0 Å². The normalized spacial score (nSPS) is 14.1. The van der Waals surface area contributed by atoms with Crippen LogP contribution in [-0.4, -0.2) is 44.3 Å². The van der Waals surface area contributed by atoms with Gasteiger partial charge in [0.2, 0.25) is 15.9 Å². The summed E-state index contributed by atoms with van der Waals surface area (Å²) in [6, 6.07) is 8.05. The van der Waals surface area contributed by atoms with Crippen LogP contribution in [-0.2, 0) is 14.8 Å². The fourth-order valence-corrected chi connectivity index (χ4v) is 3.67. The Hall–Kier alpha value is -1.15. The van der Waals surface area contributed by atoms with Gasteiger partial charge in [0, 0.05) is 19.1 Å². The number of halogens is 1. The Morgan fingerprint density at radius 3 is 2.29 bits per heavy atom. The first-order valence-electron chi connectivity index (χ1n) is 7.63. The van der Waals surface area contributed by atoms with Crippen LogP contribution in [0.25, 0.3) is 0 Å². The Bertz CT molecular complexity index is 623. The summed E-state index contributed by atoms with van der Waals surface area (Å²) in [4.78, 5) is 12.4. The van der Waals surface area contributed by atoms with Crippen molar-refractivity contribution in [3.05, 3.63) is 30.3 Å². The van der Waals surface area contributed by atoms with E-state index < -0.39 is 15.6 Å². The molecule has 1 unspecified atom stereocenters. The van der Waals surface area contributed by atoms with E-state index in [1.807, 2.05) is 20.8 Å². The Morgan fingerprint density at radius 1 is 1.29 bits per heavy atom. The number of sulfonamides is 1. The van der Waals surface area contributed by atoms with Crippen molar-refractivity contribution in [1.29, 1.82) is 0 Å². The van der Waals surface area contributed by atoms with Crippen molar-refractivity contribution < 1.29 is 13.2 Å². The van der Waals surface area contributed by atoms with Gasteiger partial charge in [0.1, 0.15) is 0 Å². The largest absolute Gasteiger partial charge is 0.349 e. The summed E-state index contributed by atoms with van der Waals surface area (Å²) in [6.45, 7) is 6.02. The maximum absolute atomic E-state index is 12.4. The van der Waals surface area contributed by atoms with E-state index in [1.165, 1.54) is 19.2 Å². The second-order valence-electron chi connectivity index (χ2n) is 6.49. The average molecular weight is 378 g/mol. The third-order valence-electron chi connectivity index (χ3n) is 3.57. The van der Waals surface area contributed by atoms with Crippen molar-refractivity contribution in [2.75, 3.05) is 20.1 Å². The Balaban J connectivity index is 0.00000529. The van der Waals surface area contributed by atoms with Crippen molar-refractivity contribution in [2.45, 2.75) is 37.6 Å². The lowest BCUT2D eigenvalue weighted by Gasteiger charge is -2.32. The van der Waals surface area contributed by atoms with E-state index in [2.05, 4.69) is 5.32 Å². The van der Waals surface area contributed by atoms with Crippen LogP contribution >= 0.6 is 12.4 Å². The van der Waals surface area contributed by atoms with E-state index in [0.717, 1.165) is 10.7 Å². The minimum atomic E-state index is -3.68. The summed E-state index contributed by atoms with van der Waals surface area (Å²) < 4.78 is 25.8. The smallest absolute Gasteiger partial charge is 0.243 e. The van der Waals surface area contributed by atoms with Crippen LogP contribution in [0.1, 0.15) is 27.2 Å². The van der Waals surface area contributed by atoms with Gasteiger partial charge in [0.15, 0.2) is 0 Å². The molecular weight excluding hydrogens is 350 g/mol. The molecule has 0 aliphatic heterocycles. The zero-order valence-corrected chi connectivity index (χ0v) is 16.3. The molecule has 0 radical (unpaired) electrons. The molecule has 1 aromatic carbocycles. The highest BCUT2D eigenvalue weighted by molar-refractivity contribution is 7.89. The van der Waals surface area contributed by atoms with Gasteiger partial charge in [-0.05, 0) is 31.4 Å². The van der Waals surface area contributed by atoms with E-state index in [4.69, 9.17) is 5.73 Å². The summed E-state index contributed by atoms with van der Waals surface area (Å²) in [5.41, 5.74) is 5.23. The lowest BCUT2D eigenvalue weighted by atomic mass is 9.91. The number of nitrogens with one attached hydrogen (secondary N) is 1. The summed E-state index contributed by atoms with van der Waals surface area (Å²) in [5.74, 6) is 0.00948. The van der Waals surface area contributed by atoms with Gasteiger partial charge in [-0.2, -0.15) is 4.31 Å². The molecule has 3 N–H and O–H groups in total. The number of carbonyl (C=O) groups is 1. The first-order valence-corrected chi connectivity index (χ1v) is 9.07. The Labute approximate surface area is 151 Å². The summed E-state index contributed by atoms with van der Waals surface area (Å²) in [7, 11) is -2.29.